The minimum Gasteiger partial charge on any atom is -0.336 e. The molecule has 3 aromatic rings. The molecular weight excluding hydrogens is 359 g/mol. The Morgan fingerprint density at radius 1 is 1.32 bits per heavy atom. The Hall–Kier alpha value is -2.56. The number of anilines is 1. The van der Waals surface area contributed by atoms with Crippen molar-refractivity contribution in [2.24, 2.45) is 0 Å². The topological polar surface area (TPSA) is 93.8 Å². The number of carbonyl (C=O) groups is 1. The largest absolute Gasteiger partial charge is 0.445 e. The minimum atomic E-state index is -4.61. The van der Waals surface area contributed by atoms with Crippen LogP contribution in [0.3, 0.4) is 0 Å². The Balaban J connectivity index is 1.99. The summed E-state index contributed by atoms with van der Waals surface area (Å²) in [6, 6.07) is 1.57. The average Bonchev–Trinajstić information content (AvgIpc) is 3.13. The van der Waals surface area contributed by atoms with E-state index in [1.54, 1.807) is 13.0 Å². The Morgan fingerprint density at radius 3 is 2.64 bits per heavy atom. The lowest BCUT2D eigenvalue weighted by molar-refractivity contribution is -0.138. The number of aryl methyl sites for hydroxylation is 1. The molecule has 0 aliphatic heterocycles. The summed E-state index contributed by atoms with van der Waals surface area (Å²) in [4.78, 5) is 16.9. The van der Waals surface area contributed by atoms with Crippen molar-refractivity contribution in [3.63, 3.8) is 0 Å². The number of nitrogens with one attached hydrogen (secondary N) is 1. The molecule has 0 saturated heterocycles. The second kappa shape index (κ2) is 6.06. The highest BCUT2D eigenvalue weighted by molar-refractivity contribution is 7.15. The van der Waals surface area contributed by atoms with Gasteiger partial charge >= 0.3 is 6.18 Å². The van der Waals surface area contributed by atoms with Gasteiger partial charge in [0.15, 0.2) is 0 Å². The number of hydrogen-bond acceptors (Lipinski definition) is 7. The van der Waals surface area contributed by atoms with Gasteiger partial charge in [-0.15, -0.1) is 10.2 Å². The monoisotopic (exact) mass is 371 g/mol. The Labute approximate surface area is 143 Å². The molecule has 0 saturated carbocycles. The van der Waals surface area contributed by atoms with E-state index in [2.05, 4.69) is 25.7 Å². The SMILES string of the molecule is Cc1noc2nc(C(C)C)cc(C(=O)Nc3nnc(C(F)(F)F)s3)c12. The van der Waals surface area contributed by atoms with Gasteiger partial charge in [-0.1, -0.05) is 30.3 Å². The predicted octanol–water partition coefficient (Wildman–Crippen LogP) is 3.78. The van der Waals surface area contributed by atoms with Crippen LogP contribution in [-0.4, -0.2) is 26.2 Å². The molecule has 3 heterocycles. The number of pyridine rings is 1. The van der Waals surface area contributed by atoms with Crippen molar-refractivity contribution in [1.29, 1.82) is 0 Å². The van der Waals surface area contributed by atoms with Gasteiger partial charge in [-0.25, -0.2) is 4.98 Å². The first-order valence-electron chi connectivity index (χ1n) is 7.15. The second-order valence-electron chi connectivity index (χ2n) is 5.56. The minimum absolute atomic E-state index is 0.0136. The zero-order valence-corrected chi connectivity index (χ0v) is 14.1. The van der Waals surface area contributed by atoms with E-state index in [4.69, 9.17) is 4.52 Å². The third-order valence-electron chi connectivity index (χ3n) is 3.36. The van der Waals surface area contributed by atoms with Crippen LogP contribution in [0.15, 0.2) is 10.6 Å². The first-order chi connectivity index (χ1) is 11.7. The third-order valence-corrected chi connectivity index (χ3v) is 4.24. The molecule has 0 atom stereocenters. The van der Waals surface area contributed by atoms with Crippen molar-refractivity contribution in [3.8, 4) is 0 Å². The van der Waals surface area contributed by atoms with Crippen molar-refractivity contribution in [2.75, 3.05) is 5.32 Å². The molecule has 1 amide bonds. The molecule has 0 unspecified atom stereocenters. The van der Waals surface area contributed by atoms with Crippen LogP contribution < -0.4 is 5.32 Å². The van der Waals surface area contributed by atoms with E-state index in [9.17, 15) is 18.0 Å². The van der Waals surface area contributed by atoms with Crippen molar-refractivity contribution >= 4 is 33.5 Å². The van der Waals surface area contributed by atoms with Crippen LogP contribution in [0.1, 0.15) is 46.5 Å². The van der Waals surface area contributed by atoms with E-state index in [-0.39, 0.29) is 33.7 Å². The molecule has 3 rings (SSSR count). The summed E-state index contributed by atoms with van der Waals surface area (Å²) in [6.45, 7) is 5.42. The third kappa shape index (κ3) is 3.31. The maximum Gasteiger partial charge on any atom is 0.445 e. The molecule has 11 heteroatoms. The van der Waals surface area contributed by atoms with Crippen molar-refractivity contribution < 1.29 is 22.5 Å². The molecule has 7 nitrogen and oxygen atoms in total. The molecule has 0 radical (unpaired) electrons. The number of hydrogen-bond donors (Lipinski definition) is 1. The summed E-state index contributed by atoms with van der Waals surface area (Å²) in [5.41, 5.74) is 1.46. The Kier molecular flexibility index (Phi) is 4.19. The molecule has 0 aliphatic carbocycles. The Bertz CT molecular complexity index is 948. The van der Waals surface area contributed by atoms with Gasteiger partial charge in [-0.2, -0.15) is 13.2 Å². The molecule has 25 heavy (non-hydrogen) atoms. The van der Waals surface area contributed by atoms with Gasteiger partial charge in [0, 0.05) is 5.69 Å². The van der Waals surface area contributed by atoms with E-state index < -0.39 is 17.1 Å². The number of carbonyl (C=O) groups excluding carboxylic acids is 1. The fourth-order valence-corrected chi connectivity index (χ4v) is 2.75. The molecule has 3 aromatic heterocycles. The van der Waals surface area contributed by atoms with Gasteiger partial charge < -0.3 is 4.52 Å². The lowest BCUT2D eigenvalue weighted by Gasteiger charge is -2.08. The molecule has 1 N–H and O–H groups in total. The van der Waals surface area contributed by atoms with E-state index in [1.807, 2.05) is 13.8 Å². The number of aromatic nitrogens is 4. The number of alkyl halides is 3. The molecule has 0 spiro atoms. The molecule has 0 fully saturated rings. The lowest BCUT2D eigenvalue weighted by Crippen LogP contribution is -2.13. The number of nitrogens with zero attached hydrogens (tertiary/aromatic N) is 4. The summed E-state index contributed by atoms with van der Waals surface area (Å²) in [5, 5.41) is 11.5. The van der Waals surface area contributed by atoms with Crippen molar-refractivity contribution in [3.05, 3.63) is 28.0 Å². The number of halogens is 3. The van der Waals surface area contributed by atoms with Crippen LogP contribution in [0.4, 0.5) is 18.3 Å². The number of amides is 1. The van der Waals surface area contributed by atoms with Crippen molar-refractivity contribution in [2.45, 2.75) is 32.9 Å². The van der Waals surface area contributed by atoms with Crippen LogP contribution >= 0.6 is 11.3 Å². The maximum absolute atomic E-state index is 12.6. The molecule has 0 bridgehead atoms. The number of fused-ring (bicyclic) bond motifs is 1. The van der Waals surface area contributed by atoms with Gasteiger partial charge in [0.1, 0.15) is 0 Å². The van der Waals surface area contributed by atoms with E-state index in [1.165, 1.54) is 0 Å². The van der Waals surface area contributed by atoms with Crippen LogP contribution in [0.2, 0.25) is 0 Å². The summed E-state index contributed by atoms with van der Waals surface area (Å²) < 4.78 is 42.9. The summed E-state index contributed by atoms with van der Waals surface area (Å²) in [6.07, 6.45) is -4.61. The molecule has 0 aliphatic rings. The maximum atomic E-state index is 12.6. The Morgan fingerprint density at radius 2 is 2.04 bits per heavy atom. The van der Waals surface area contributed by atoms with Crippen LogP contribution in [0.25, 0.3) is 11.1 Å². The highest BCUT2D eigenvalue weighted by Crippen LogP contribution is 2.33. The van der Waals surface area contributed by atoms with Gasteiger partial charge in [-0.05, 0) is 18.9 Å². The van der Waals surface area contributed by atoms with Crippen LogP contribution in [0.5, 0.6) is 0 Å². The standard InChI is InChI=1S/C14H12F3N5O2S/c1-5(2)8-4-7(9-6(3)22-24-11(9)18-8)10(23)19-13-21-20-12(25-13)14(15,16)17/h4-5H,1-3H3,(H,19,21,23). The van der Waals surface area contributed by atoms with Gasteiger partial charge in [0.25, 0.3) is 11.6 Å². The van der Waals surface area contributed by atoms with Crippen molar-refractivity contribution in [1.82, 2.24) is 20.3 Å². The number of rotatable bonds is 3. The second-order valence-corrected chi connectivity index (χ2v) is 6.54. The summed E-state index contributed by atoms with van der Waals surface area (Å²) >= 11 is 0.251. The molecular formula is C14H12F3N5O2S. The normalized spacial score (nSPS) is 12.1. The fourth-order valence-electron chi connectivity index (χ4n) is 2.14. The first kappa shape index (κ1) is 17.3. The lowest BCUT2D eigenvalue weighted by atomic mass is 10.0. The summed E-state index contributed by atoms with van der Waals surface area (Å²) in [7, 11) is 0. The van der Waals surface area contributed by atoms with Crippen LogP contribution in [-0.2, 0) is 6.18 Å². The van der Waals surface area contributed by atoms with E-state index in [0.717, 1.165) is 0 Å². The smallest absolute Gasteiger partial charge is 0.336 e. The molecule has 0 aromatic carbocycles. The highest BCUT2D eigenvalue weighted by Gasteiger charge is 2.36. The van der Waals surface area contributed by atoms with E-state index in [0.29, 0.717) is 16.8 Å². The van der Waals surface area contributed by atoms with E-state index >= 15 is 0 Å². The summed E-state index contributed by atoms with van der Waals surface area (Å²) in [5.74, 6) is -0.620. The zero-order valence-electron chi connectivity index (χ0n) is 13.3. The molecule has 132 valence electrons. The quantitative estimate of drug-likeness (QED) is 0.753. The van der Waals surface area contributed by atoms with Gasteiger partial charge in [0.2, 0.25) is 10.1 Å². The average molecular weight is 371 g/mol. The fraction of sp³-hybridized carbons (Fsp3) is 0.357. The zero-order chi connectivity index (χ0) is 18.4. The first-order valence-corrected chi connectivity index (χ1v) is 7.97. The highest BCUT2D eigenvalue weighted by atomic mass is 32.1. The predicted molar refractivity (Wildman–Crippen MR) is 83.5 cm³/mol. The van der Waals surface area contributed by atoms with Crippen LogP contribution in [0, 0.1) is 6.92 Å². The van der Waals surface area contributed by atoms with Gasteiger partial charge in [-0.3, -0.25) is 10.1 Å². The van der Waals surface area contributed by atoms with Gasteiger partial charge in [0.05, 0.1) is 16.6 Å².